The summed E-state index contributed by atoms with van der Waals surface area (Å²) in [5, 5.41) is 10.2. The Morgan fingerprint density at radius 1 is 1.59 bits per heavy atom. The van der Waals surface area contributed by atoms with Gasteiger partial charge in [-0.05, 0) is 42.2 Å². The van der Waals surface area contributed by atoms with Gasteiger partial charge in [0.25, 0.3) is 0 Å². The Labute approximate surface area is 115 Å². The third-order valence-corrected chi connectivity index (χ3v) is 5.25. The Hall–Kier alpha value is -0.0300. The van der Waals surface area contributed by atoms with Crippen molar-refractivity contribution in [2.24, 2.45) is 5.73 Å². The van der Waals surface area contributed by atoms with Crippen LogP contribution in [0.1, 0.15) is 24.5 Å². The number of nitrogens with two attached hydrogens (primary N) is 1. The molecule has 0 saturated carbocycles. The molecule has 1 aliphatic carbocycles. The van der Waals surface area contributed by atoms with Crippen molar-refractivity contribution < 1.29 is 5.11 Å². The Bertz CT molecular complexity index is 412. The van der Waals surface area contributed by atoms with Gasteiger partial charge in [0.2, 0.25) is 0 Å². The summed E-state index contributed by atoms with van der Waals surface area (Å²) in [5.74, 6) is 0.894. The predicted octanol–water partition coefficient (Wildman–Crippen LogP) is 2.71. The lowest BCUT2D eigenvalue weighted by atomic mass is 9.79. The molecule has 2 atom stereocenters. The molecule has 4 heteroatoms. The minimum atomic E-state index is -0.478. The lowest BCUT2D eigenvalue weighted by Crippen LogP contribution is -2.53. The molecule has 0 aromatic heterocycles. The zero-order valence-electron chi connectivity index (χ0n) is 9.95. The fourth-order valence-corrected chi connectivity index (χ4v) is 3.84. The van der Waals surface area contributed by atoms with E-state index in [4.69, 9.17) is 5.73 Å². The third kappa shape index (κ3) is 2.70. The van der Waals surface area contributed by atoms with Crippen LogP contribution in [0, 0.1) is 0 Å². The minimum Gasteiger partial charge on any atom is -0.380 e. The topological polar surface area (TPSA) is 46.2 Å². The predicted molar refractivity (Wildman–Crippen MR) is 77.2 cm³/mol. The largest absolute Gasteiger partial charge is 0.380 e. The Kier molecular flexibility index (Phi) is 4.18. The van der Waals surface area contributed by atoms with Crippen LogP contribution in [0.15, 0.2) is 22.7 Å². The van der Waals surface area contributed by atoms with Crippen LogP contribution in [-0.4, -0.2) is 21.8 Å². The summed E-state index contributed by atoms with van der Waals surface area (Å²) in [4.78, 5) is 0. The summed E-state index contributed by atoms with van der Waals surface area (Å²) < 4.78 is 1.16. The highest BCUT2D eigenvalue weighted by Gasteiger charge is 2.37. The van der Waals surface area contributed by atoms with Crippen molar-refractivity contribution in [3.63, 3.8) is 0 Å². The fourth-order valence-electron chi connectivity index (χ4n) is 2.38. The lowest BCUT2D eigenvalue weighted by Gasteiger charge is -2.38. The van der Waals surface area contributed by atoms with Crippen molar-refractivity contribution >= 4 is 27.7 Å². The number of aliphatic hydroxyl groups excluding tert-OH is 1. The van der Waals surface area contributed by atoms with Crippen molar-refractivity contribution in [3.8, 4) is 0 Å². The third-order valence-electron chi connectivity index (χ3n) is 3.39. The van der Waals surface area contributed by atoms with Crippen molar-refractivity contribution in [1.29, 1.82) is 0 Å². The number of thioether (sulfide) groups is 1. The first-order valence-electron chi connectivity index (χ1n) is 5.91. The van der Waals surface area contributed by atoms with E-state index < -0.39 is 11.0 Å². The van der Waals surface area contributed by atoms with Crippen LogP contribution >= 0.6 is 27.7 Å². The van der Waals surface area contributed by atoms with Crippen LogP contribution in [0.4, 0.5) is 0 Å². The molecule has 17 heavy (non-hydrogen) atoms. The maximum atomic E-state index is 10.2. The summed E-state index contributed by atoms with van der Waals surface area (Å²) in [6, 6.07) is 6.22. The number of halogens is 1. The van der Waals surface area contributed by atoms with Crippen molar-refractivity contribution in [2.45, 2.75) is 37.2 Å². The van der Waals surface area contributed by atoms with Gasteiger partial charge < -0.3 is 10.8 Å². The van der Waals surface area contributed by atoms with Crippen molar-refractivity contribution in [2.75, 3.05) is 5.75 Å². The SMILES string of the molecule is CCSC(O)C1(N)CCc2c(Br)cccc2C1. The average molecular weight is 316 g/mol. The molecule has 0 aliphatic heterocycles. The highest BCUT2D eigenvalue weighted by Crippen LogP contribution is 2.36. The minimum absolute atomic E-state index is 0.473. The second kappa shape index (κ2) is 5.31. The van der Waals surface area contributed by atoms with E-state index in [-0.39, 0.29) is 0 Å². The van der Waals surface area contributed by atoms with Gasteiger partial charge in [-0.3, -0.25) is 0 Å². The lowest BCUT2D eigenvalue weighted by molar-refractivity contribution is 0.149. The molecule has 0 heterocycles. The molecule has 94 valence electrons. The van der Waals surface area contributed by atoms with Crippen LogP contribution in [-0.2, 0) is 12.8 Å². The zero-order valence-corrected chi connectivity index (χ0v) is 12.4. The normalized spacial score (nSPS) is 25.4. The fraction of sp³-hybridized carbons (Fsp3) is 0.538. The summed E-state index contributed by atoms with van der Waals surface area (Å²) in [5.41, 5.74) is 8.03. The summed E-state index contributed by atoms with van der Waals surface area (Å²) in [6.45, 7) is 2.05. The van der Waals surface area contributed by atoms with Gasteiger partial charge in [-0.25, -0.2) is 0 Å². The van der Waals surface area contributed by atoms with E-state index in [1.807, 2.05) is 13.0 Å². The Morgan fingerprint density at radius 3 is 3.06 bits per heavy atom. The van der Waals surface area contributed by atoms with E-state index in [0.29, 0.717) is 0 Å². The molecule has 1 aliphatic rings. The van der Waals surface area contributed by atoms with Gasteiger partial charge in [0, 0.05) is 4.47 Å². The molecule has 0 bridgehead atoms. The molecule has 0 spiro atoms. The summed E-state index contributed by atoms with van der Waals surface area (Å²) in [6.07, 6.45) is 2.54. The number of hydrogen-bond acceptors (Lipinski definition) is 3. The molecule has 2 unspecified atom stereocenters. The van der Waals surface area contributed by atoms with Gasteiger partial charge >= 0.3 is 0 Å². The smallest absolute Gasteiger partial charge is 0.118 e. The van der Waals surface area contributed by atoms with Crippen LogP contribution in [0.25, 0.3) is 0 Å². The molecule has 1 aromatic carbocycles. The molecule has 2 rings (SSSR count). The molecular weight excluding hydrogens is 298 g/mol. The quantitative estimate of drug-likeness (QED) is 0.843. The molecule has 2 nitrogen and oxygen atoms in total. The molecule has 0 amide bonds. The first kappa shape index (κ1) is 13.4. The monoisotopic (exact) mass is 315 g/mol. The van der Waals surface area contributed by atoms with E-state index in [1.165, 1.54) is 22.9 Å². The zero-order chi connectivity index (χ0) is 12.5. The van der Waals surface area contributed by atoms with E-state index >= 15 is 0 Å². The first-order chi connectivity index (χ1) is 8.07. The van der Waals surface area contributed by atoms with Crippen molar-refractivity contribution in [3.05, 3.63) is 33.8 Å². The molecule has 0 fully saturated rings. The molecular formula is C13H18BrNOS. The molecule has 1 aromatic rings. The van der Waals surface area contributed by atoms with E-state index in [0.717, 1.165) is 29.5 Å². The summed E-state index contributed by atoms with van der Waals surface area (Å²) >= 11 is 5.11. The maximum Gasteiger partial charge on any atom is 0.118 e. The van der Waals surface area contributed by atoms with Gasteiger partial charge in [-0.15, -0.1) is 11.8 Å². The first-order valence-corrected chi connectivity index (χ1v) is 7.76. The van der Waals surface area contributed by atoms with Gasteiger partial charge in [0.05, 0.1) is 5.54 Å². The van der Waals surface area contributed by atoms with Gasteiger partial charge in [-0.1, -0.05) is 35.0 Å². The maximum absolute atomic E-state index is 10.2. The van der Waals surface area contributed by atoms with Crippen LogP contribution in [0.2, 0.25) is 0 Å². The highest BCUT2D eigenvalue weighted by molar-refractivity contribution is 9.10. The molecule has 0 radical (unpaired) electrons. The second-order valence-corrected chi connectivity index (χ2v) is 6.81. The van der Waals surface area contributed by atoms with Crippen LogP contribution in [0.3, 0.4) is 0 Å². The van der Waals surface area contributed by atoms with Gasteiger partial charge in [0.1, 0.15) is 5.44 Å². The van der Waals surface area contributed by atoms with Crippen molar-refractivity contribution in [1.82, 2.24) is 0 Å². The number of benzene rings is 1. The van der Waals surface area contributed by atoms with Crippen LogP contribution in [0.5, 0.6) is 0 Å². The van der Waals surface area contributed by atoms with Gasteiger partial charge in [0.15, 0.2) is 0 Å². The second-order valence-electron chi connectivity index (χ2n) is 4.60. The average Bonchev–Trinajstić information content (AvgIpc) is 2.29. The molecule has 3 N–H and O–H groups in total. The number of aliphatic hydroxyl groups is 1. The Balaban J connectivity index is 2.23. The van der Waals surface area contributed by atoms with Gasteiger partial charge in [-0.2, -0.15) is 0 Å². The highest BCUT2D eigenvalue weighted by atomic mass is 79.9. The standard InChI is InChI=1S/C13H18BrNOS/c1-2-17-12(16)13(15)7-6-10-9(8-13)4-3-5-11(10)14/h3-5,12,16H,2,6-8,15H2,1H3. The number of rotatable bonds is 3. The van der Waals surface area contributed by atoms with E-state index in [1.54, 1.807) is 0 Å². The molecule has 0 saturated heterocycles. The van der Waals surface area contributed by atoms with Crippen LogP contribution < -0.4 is 5.73 Å². The number of hydrogen-bond donors (Lipinski definition) is 2. The summed E-state index contributed by atoms with van der Waals surface area (Å²) in [7, 11) is 0. The van der Waals surface area contributed by atoms with E-state index in [2.05, 4.69) is 28.1 Å². The van der Waals surface area contributed by atoms with E-state index in [9.17, 15) is 5.11 Å². The Morgan fingerprint density at radius 2 is 2.35 bits per heavy atom. The number of fused-ring (bicyclic) bond motifs is 1.